The fourth-order valence-corrected chi connectivity index (χ4v) is 3.01. The van der Waals surface area contributed by atoms with Crippen LogP contribution in [0.5, 0.6) is 0 Å². The third-order valence-electron chi connectivity index (χ3n) is 4.14. The first-order valence-electron chi connectivity index (χ1n) is 9.01. The number of hydrogen-bond donors (Lipinski definition) is 2. The average Bonchev–Trinajstić information content (AvgIpc) is 2.67. The number of carbonyl (C=O) groups is 2. The molecule has 3 aromatic carbocycles. The summed E-state index contributed by atoms with van der Waals surface area (Å²) < 4.78 is 0. The summed E-state index contributed by atoms with van der Waals surface area (Å²) in [6.07, 6.45) is 3.22. The molecule has 0 bridgehead atoms. The molecule has 3 aromatic rings. The van der Waals surface area contributed by atoms with Crippen LogP contribution in [0.25, 0.3) is 16.8 Å². The van der Waals surface area contributed by atoms with Gasteiger partial charge in [0.15, 0.2) is 0 Å². The lowest BCUT2D eigenvalue weighted by molar-refractivity contribution is -0.111. The summed E-state index contributed by atoms with van der Waals surface area (Å²) in [5.74, 6) is -0.537. The van der Waals surface area contributed by atoms with E-state index in [9.17, 15) is 9.59 Å². The Labute approximate surface area is 169 Å². The van der Waals surface area contributed by atoms with Gasteiger partial charge >= 0.3 is 0 Å². The maximum Gasteiger partial charge on any atom is 0.251 e. The van der Waals surface area contributed by atoms with Crippen molar-refractivity contribution in [2.45, 2.75) is 19.9 Å². The molecule has 3 rings (SSSR count). The summed E-state index contributed by atoms with van der Waals surface area (Å²) in [5.41, 5.74) is 1.78. The van der Waals surface area contributed by atoms with E-state index in [2.05, 4.69) is 10.6 Å². The molecular formula is C23H21ClN2O2. The van der Waals surface area contributed by atoms with Crippen molar-refractivity contribution in [3.05, 3.63) is 82.9 Å². The molecule has 0 heterocycles. The van der Waals surface area contributed by atoms with E-state index in [1.807, 2.05) is 56.3 Å². The molecular weight excluding hydrogens is 372 g/mol. The van der Waals surface area contributed by atoms with Crippen LogP contribution < -0.4 is 10.6 Å². The molecule has 4 nitrogen and oxygen atoms in total. The van der Waals surface area contributed by atoms with Crippen molar-refractivity contribution in [1.29, 1.82) is 0 Å². The molecule has 0 aliphatic carbocycles. The highest BCUT2D eigenvalue weighted by atomic mass is 35.5. The van der Waals surface area contributed by atoms with E-state index in [1.54, 1.807) is 24.3 Å². The average molecular weight is 393 g/mol. The van der Waals surface area contributed by atoms with Crippen molar-refractivity contribution in [3.63, 3.8) is 0 Å². The molecule has 0 radical (unpaired) electrons. The maximum atomic E-state index is 12.4. The van der Waals surface area contributed by atoms with Gasteiger partial charge in [0.05, 0.1) is 10.7 Å². The number of hydrogen-bond acceptors (Lipinski definition) is 2. The molecule has 0 spiro atoms. The highest BCUT2D eigenvalue weighted by Crippen LogP contribution is 2.24. The predicted octanol–water partition coefficient (Wildman–Crippen LogP) is 5.28. The van der Waals surface area contributed by atoms with Gasteiger partial charge in [-0.2, -0.15) is 0 Å². The Morgan fingerprint density at radius 1 is 1.00 bits per heavy atom. The molecule has 0 aromatic heterocycles. The van der Waals surface area contributed by atoms with E-state index in [0.29, 0.717) is 16.3 Å². The first kappa shape index (κ1) is 19.6. The minimum Gasteiger partial charge on any atom is -0.350 e. The van der Waals surface area contributed by atoms with Crippen molar-refractivity contribution in [1.82, 2.24) is 5.32 Å². The number of amides is 2. The van der Waals surface area contributed by atoms with Gasteiger partial charge in [-0.3, -0.25) is 9.59 Å². The molecule has 0 aliphatic rings. The van der Waals surface area contributed by atoms with E-state index in [1.165, 1.54) is 6.08 Å². The fourth-order valence-electron chi connectivity index (χ4n) is 2.84. The van der Waals surface area contributed by atoms with Crippen molar-refractivity contribution in [3.8, 4) is 0 Å². The third-order valence-corrected chi connectivity index (χ3v) is 4.47. The Balaban J connectivity index is 1.77. The van der Waals surface area contributed by atoms with E-state index in [0.717, 1.165) is 16.3 Å². The number of fused-ring (bicyclic) bond motifs is 1. The Hall–Kier alpha value is -3.11. The van der Waals surface area contributed by atoms with Crippen LogP contribution in [-0.2, 0) is 4.79 Å². The molecule has 5 heteroatoms. The van der Waals surface area contributed by atoms with Crippen molar-refractivity contribution >= 4 is 46.0 Å². The monoisotopic (exact) mass is 392 g/mol. The molecule has 0 aliphatic heterocycles. The SMILES string of the molecule is CC(C)NC(=O)c1ccc(Cl)c(NC(=O)/C=C/c2cccc3ccccc23)c1. The smallest absolute Gasteiger partial charge is 0.251 e. The van der Waals surface area contributed by atoms with Gasteiger partial charge in [0, 0.05) is 17.7 Å². The van der Waals surface area contributed by atoms with E-state index in [-0.39, 0.29) is 17.9 Å². The van der Waals surface area contributed by atoms with E-state index < -0.39 is 0 Å². The summed E-state index contributed by atoms with van der Waals surface area (Å²) >= 11 is 6.18. The first-order chi connectivity index (χ1) is 13.4. The Kier molecular flexibility index (Phi) is 6.12. The first-order valence-corrected chi connectivity index (χ1v) is 9.39. The van der Waals surface area contributed by atoms with Gasteiger partial charge < -0.3 is 10.6 Å². The van der Waals surface area contributed by atoms with Crippen LogP contribution in [0, 0.1) is 0 Å². The molecule has 142 valence electrons. The van der Waals surface area contributed by atoms with Crippen LogP contribution in [0.4, 0.5) is 5.69 Å². The van der Waals surface area contributed by atoms with Crippen LogP contribution in [-0.4, -0.2) is 17.9 Å². The number of halogens is 1. The Morgan fingerprint density at radius 3 is 2.54 bits per heavy atom. The molecule has 0 saturated carbocycles. The Bertz CT molecular complexity index is 1050. The van der Waals surface area contributed by atoms with Gasteiger partial charge in [-0.1, -0.05) is 54.1 Å². The van der Waals surface area contributed by atoms with Gasteiger partial charge in [0.2, 0.25) is 5.91 Å². The second kappa shape index (κ2) is 8.72. The Morgan fingerprint density at radius 2 is 1.75 bits per heavy atom. The van der Waals surface area contributed by atoms with Crippen LogP contribution in [0.1, 0.15) is 29.8 Å². The zero-order valence-corrected chi connectivity index (χ0v) is 16.5. The molecule has 0 saturated heterocycles. The van der Waals surface area contributed by atoms with Crippen LogP contribution in [0.15, 0.2) is 66.7 Å². The molecule has 2 N–H and O–H groups in total. The van der Waals surface area contributed by atoms with E-state index >= 15 is 0 Å². The zero-order valence-electron chi connectivity index (χ0n) is 15.7. The highest BCUT2D eigenvalue weighted by Gasteiger charge is 2.11. The minimum atomic E-state index is -0.323. The predicted molar refractivity (Wildman–Crippen MR) is 116 cm³/mol. The molecule has 0 fully saturated rings. The number of carbonyl (C=O) groups excluding carboxylic acids is 2. The highest BCUT2D eigenvalue weighted by molar-refractivity contribution is 6.34. The molecule has 28 heavy (non-hydrogen) atoms. The van der Waals surface area contributed by atoms with Crippen molar-refractivity contribution in [2.75, 3.05) is 5.32 Å². The summed E-state index contributed by atoms with van der Waals surface area (Å²) in [6.45, 7) is 3.77. The van der Waals surface area contributed by atoms with Gasteiger partial charge in [0.25, 0.3) is 5.91 Å². The third kappa shape index (κ3) is 4.78. The van der Waals surface area contributed by atoms with Crippen molar-refractivity contribution < 1.29 is 9.59 Å². The second-order valence-electron chi connectivity index (χ2n) is 6.71. The van der Waals surface area contributed by atoms with Crippen LogP contribution >= 0.6 is 11.6 Å². The molecule has 2 amide bonds. The summed E-state index contributed by atoms with van der Waals surface area (Å²) in [7, 11) is 0. The standard InChI is InChI=1S/C23H21ClN2O2/c1-15(2)25-23(28)18-10-12-20(24)21(14-18)26-22(27)13-11-17-8-5-7-16-6-3-4-9-19(16)17/h3-15H,1-2H3,(H,25,28)(H,26,27)/b13-11+. The lowest BCUT2D eigenvalue weighted by Crippen LogP contribution is -2.30. The number of rotatable bonds is 5. The van der Waals surface area contributed by atoms with Gasteiger partial charge in [0.1, 0.15) is 0 Å². The zero-order chi connectivity index (χ0) is 20.1. The molecule has 0 atom stereocenters. The summed E-state index contributed by atoms with van der Waals surface area (Å²) in [6, 6.07) is 18.7. The fraction of sp³-hybridized carbons (Fsp3) is 0.130. The lowest BCUT2D eigenvalue weighted by atomic mass is 10.0. The molecule has 0 unspecified atom stereocenters. The van der Waals surface area contributed by atoms with Gasteiger partial charge in [-0.05, 0) is 54.5 Å². The maximum absolute atomic E-state index is 12.4. The van der Waals surface area contributed by atoms with Gasteiger partial charge in [-0.15, -0.1) is 0 Å². The number of benzene rings is 3. The largest absolute Gasteiger partial charge is 0.350 e. The topological polar surface area (TPSA) is 58.2 Å². The van der Waals surface area contributed by atoms with Crippen LogP contribution in [0.2, 0.25) is 5.02 Å². The second-order valence-corrected chi connectivity index (χ2v) is 7.12. The van der Waals surface area contributed by atoms with Crippen LogP contribution in [0.3, 0.4) is 0 Å². The minimum absolute atomic E-state index is 0.0184. The van der Waals surface area contributed by atoms with Gasteiger partial charge in [-0.25, -0.2) is 0 Å². The lowest BCUT2D eigenvalue weighted by Gasteiger charge is -2.11. The van der Waals surface area contributed by atoms with E-state index in [4.69, 9.17) is 11.6 Å². The van der Waals surface area contributed by atoms with Crippen molar-refractivity contribution in [2.24, 2.45) is 0 Å². The number of nitrogens with one attached hydrogen (secondary N) is 2. The quantitative estimate of drug-likeness (QED) is 0.580. The summed E-state index contributed by atoms with van der Waals surface area (Å²) in [4.78, 5) is 24.5. The number of anilines is 1. The normalized spacial score (nSPS) is 11.1. The summed E-state index contributed by atoms with van der Waals surface area (Å²) in [5, 5.41) is 8.10.